The number of benzene rings is 3. The van der Waals surface area contributed by atoms with Gasteiger partial charge in [-0.25, -0.2) is 6.57 Å². The number of hydrogen-bond donors (Lipinski definition) is 0. The van der Waals surface area contributed by atoms with Gasteiger partial charge >= 0.3 is 6.04 Å². The molecule has 3 aromatic rings. The molecule has 2 nitrogen and oxygen atoms in total. The van der Waals surface area contributed by atoms with E-state index in [9.17, 15) is 5.26 Å². The fourth-order valence-electron chi connectivity index (χ4n) is 2.99. The number of nitrogens with zero attached hydrogens (tertiary/aromatic N) is 2. The first-order chi connectivity index (χ1) is 12.3. The van der Waals surface area contributed by atoms with Crippen molar-refractivity contribution < 1.29 is 0 Å². The SMILES string of the molecule is [C-]#[N+]C(C#N)c1cc(Cc2ccccc2)ccc1Cc1ccccc1. The maximum absolute atomic E-state index is 9.39. The molecular weight excluding hydrogens is 304 g/mol. The van der Waals surface area contributed by atoms with Crippen molar-refractivity contribution in [2.24, 2.45) is 0 Å². The quantitative estimate of drug-likeness (QED) is 0.582. The Bertz CT molecular complexity index is 902. The summed E-state index contributed by atoms with van der Waals surface area (Å²) in [6.45, 7) is 7.37. The van der Waals surface area contributed by atoms with E-state index in [-0.39, 0.29) is 0 Å². The Hall–Kier alpha value is -3.36. The highest BCUT2D eigenvalue weighted by molar-refractivity contribution is 5.42. The molecule has 0 amide bonds. The van der Waals surface area contributed by atoms with Crippen LogP contribution in [0.2, 0.25) is 0 Å². The molecule has 0 aromatic heterocycles. The van der Waals surface area contributed by atoms with Crippen LogP contribution >= 0.6 is 0 Å². The topological polar surface area (TPSA) is 28.1 Å². The van der Waals surface area contributed by atoms with Crippen molar-refractivity contribution in [1.29, 1.82) is 5.26 Å². The number of hydrogen-bond acceptors (Lipinski definition) is 1. The van der Waals surface area contributed by atoms with Crippen molar-refractivity contribution >= 4 is 0 Å². The normalized spacial score (nSPS) is 11.3. The summed E-state index contributed by atoms with van der Waals surface area (Å²) in [7, 11) is 0. The van der Waals surface area contributed by atoms with E-state index in [0.717, 1.165) is 29.5 Å². The van der Waals surface area contributed by atoms with Gasteiger partial charge in [0, 0.05) is 0 Å². The van der Waals surface area contributed by atoms with Crippen molar-refractivity contribution in [2.45, 2.75) is 18.9 Å². The van der Waals surface area contributed by atoms with Crippen LogP contribution in [0, 0.1) is 17.9 Å². The van der Waals surface area contributed by atoms with Crippen molar-refractivity contribution in [3.8, 4) is 6.07 Å². The Labute approximate surface area is 148 Å². The summed E-state index contributed by atoms with van der Waals surface area (Å²) in [5.74, 6) is 0. The third-order valence-corrected chi connectivity index (χ3v) is 4.24. The second kappa shape index (κ2) is 7.95. The van der Waals surface area contributed by atoms with Crippen LogP contribution in [-0.4, -0.2) is 0 Å². The van der Waals surface area contributed by atoms with Crippen LogP contribution < -0.4 is 0 Å². The molecule has 0 N–H and O–H groups in total. The van der Waals surface area contributed by atoms with E-state index in [0.29, 0.717) is 0 Å². The van der Waals surface area contributed by atoms with Crippen LogP contribution in [0.25, 0.3) is 4.85 Å². The maximum Gasteiger partial charge on any atom is 0.332 e. The predicted molar refractivity (Wildman–Crippen MR) is 99.9 cm³/mol. The minimum atomic E-state index is -0.755. The van der Waals surface area contributed by atoms with Gasteiger partial charge in [0.15, 0.2) is 6.07 Å². The van der Waals surface area contributed by atoms with Gasteiger partial charge in [-0.15, -0.1) is 0 Å². The summed E-state index contributed by atoms with van der Waals surface area (Å²) in [6, 6.07) is 28.0. The van der Waals surface area contributed by atoms with Crippen LogP contribution in [0.1, 0.15) is 33.9 Å². The largest absolute Gasteiger partial charge is 0.332 e. The lowest BCUT2D eigenvalue weighted by atomic mass is 9.92. The smallest absolute Gasteiger partial charge is 0.292 e. The van der Waals surface area contributed by atoms with Gasteiger partial charge in [0.25, 0.3) is 0 Å². The molecule has 0 heterocycles. The first kappa shape index (κ1) is 16.5. The summed E-state index contributed by atoms with van der Waals surface area (Å²) >= 11 is 0. The summed E-state index contributed by atoms with van der Waals surface area (Å²) in [5, 5.41) is 9.39. The van der Waals surface area contributed by atoms with Crippen LogP contribution in [-0.2, 0) is 12.8 Å². The summed E-state index contributed by atoms with van der Waals surface area (Å²) < 4.78 is 0. The molecule has 1 atom stereocenters. The standard InChI is InChI=1S/C23H18N2/c1-25-23(17-24)22-16-20(14-18-8-4-2-5-9-18)12-13-21(22)15-19-10-6-3-7-11-19/h2-13,16,23H,14-15H2. The van der Waals surface area contributed by atoms with E-state index in [1.54, 1.807) is 0 Å². The summed E-state index contributed by atoms with van der Waals surface area (Å²) in [4.78, 5) is 3.52. The van der Waals surface area contributed by atoms with Gasteiger partial charge in [-0.2, -0.15) is 5.26 Å². The Morgan fingerprint density at radius 3 is 1.96 bits per heavy atom. The molecule has 0 radical (unpaired) electrons. The molecule has 1 unspecified atom stereocenters. The van der Waals surface area contributed by atoms with Gasteiger partial charge in [0.05, 0.1) is 5.56 Å². The Kier molecular flexibility index (Phi) is 5.25. The lowest BCUT2D eigenvalue weighted by Crippen LogP contribution is -2.01. The summed E-state index contributed by atoms with van der Waals surface area (Å²) in [5.41, 5.74) is 5.41. The molecule has 25 heavy (non-hydrogen) atoms. The lowest BCUT2D eigenvalue weighted by molar-refractivity contribution is 1.01. The Morgan fingerprint density at radius 1 is 0.800 bits per heavy atom. The second-order valence-electron chi connectivity index (χ2n) is 6.02. The molecule has 120 valence electrons. The highest BCUT2D eigenvalue weighted by Gasteiger charge is 2.19. The van der Waals surface area contributed by atoms with Crippen molar-refractivity contribution in [2.75, 3.05) is 0 Å². The van der Waals surface area contributed by atoms with E-state index in [1.165, 1.54) is 11.1 Å². The minimum Gasteiger partial charge on any atom is -0.292 e. The molecular formula is C23H18N2. The summed E-state index contributed by atoms with van der Waals surface area (Å²) in [6.07, 6.45) is 1.53. The minimum absolute atomic E-state index is 0.732. The first-order valence-corrected chi connectivity index (χ1v) is 8.26. The highest BCUT2D eigenvalue weighted by Crippen LogP contribution is 2.26. The molecule has 0 spiro atoms. The zero-order valence-electron chi connectivity index (χ0n) is 13.9. The number of rotatable bonds is 5. The third kappa shape index (κ3) is 4.14. The Morgan fingerprint density at radius 2 is 1.40 bits per heavy atom. The molecule has 0 bridgehead atoms. The van der Waals surface area contributed by atoms with Gasteiger partial charge in [-0.1, -0.05) is 72.8 Å². The molecule has 3 aromatic carbocycles. The van der Waals surface area contributed by atoms with E-state index in [4.69, 9.17) is 6.57 Å². The average molecular weight is 322 g/mol. The average Bonchev–Trinajstić information content (AvgIpc) is 2.66. The Balaban J connectivity index is 1.95. The zero-order valence-corrected chi connectivity index (χ0v) is 13.9. The van der Waals surface area contributed by atoms with Gasteiger partial charge in [-0.3, -0.25) is 4.85 Å². The van der Waals surface area contributed by atoms with Gasteiger partial charge in [-0.05, 0) is 41.2 Å². The lowest BCUT2D eigenvalue weighted by Gasteiger charge is -2.11. The molecule has 0 aliphatic heterocycles. The second-order valence-corrected chi connectivity index (χ2v) is 6.02. The molecule has 0 saturated carbocycles. The van der Waals surface area contributed by atoms with E-state index in [1.807, 2.05) is 42.5 Å². The highest BCUT2D eigenvalue weighted by atomic mass is 14.7. The van der Waals surface area contributed by atoms with Crippen LogP contribution in [0.4, 0.5) is 0 Å². The van der Waals surface area contributed by atoms with Gasteiger partial charge in [0.1, 0.15) is 0 Å². The fourth-order valence-corrected chi connectivity index (χ4v) is 2.99. The van der Waals surface area contributed by atoms with Crippen molar-refractivity contribution in [3.63, 3.8) is 0 Å². The molecule has 3 rings (SSSR count). The molecule has 0 saturated heterocycles. The van der Waals surface area contributed by atoms with Crippen molar-refractivity contribution in [3.05, 3.63) is 118 Å². The third-order valence-electron chi connectivity index (χ3n) is 4.24. The zero-order chi connectivity index (χ0) is 17.5. The fraction of sp³-hybridized carbons (Fsp3) is 0.130. The van der Waals surface area contributed by atoms with Gasteiger partial charge in [0.2, 0.25) is 0 Å². The predicted octanol–water partition coefficient (Wildman–Crippen LogP) is 5.35. The van der Waals surface area contributed by atoms with E-state index < -0.39 is 6.04 Å². The monoisotopic (exact) mass is 322 g/mol. The maximum atomic E-state index is 9.39. The van der Waals surface area contributed by atoms with E-state index >= 15 is 0 Å². The van der Waals surface area contributed by atoms with Crippen molar-refractivity contribution in [1.82, 2.24) is 0 Å². The van der Waals surface area contributed by atoms with Crippen LogP contribution in [0.15, 0.2) is 78.9 Å². The molecule has 0 aliphatic carbocycles. The van der Waals surface area contributed by atoms with Crippen LogP contribution in [0.3, 0.4) is 0 Å². The van der Waals surface area contributed by atoms with Gasteiger partial charge < -0.3 is 0 Å². The molecule has 0 aliphatic rings. The molecule has 0 fully saturated rings. The van der Waals surface area contributed by atoms with Crippen LogP contribution in [0.5, 0.6) is 0 Å². The van der Waals surface area contributed by atoms with E-state index in [2.05, 4.69) is 47.3 Å². The molecule has 2 heteroatoms. The number of nitriles is 1. The first-order valence-electron chi connectivity index (χ1n) is 8.26.